The topological polar surface area (TPSA) is 74.6 Å². The zero-order valence-corrected chi connectivity index (χ0v) is 14.8. The minimum Gasteiger partial charge on any atom is -0.481 e. The first-order valence-electron chi connectivity index (χ1n) is 8.64. The molecule has 0 radical (unpaired) electrons. The van der Waals surface area contributed by atoms with Crippen molar-refractivity contribution in [3.63, 3.8) is 0 Å². The lowest BCUT2D eigenvalue weighted by molar-refractivity contribution is -0.148. The Kier molecular flexibility index (Phi) is 7.79. The Morgan fingerprint density at radius 1 is 0.630 bits per heavy atom. The molecule has 0 saturated carbocycles. The van der Waals surface area contributed by atoms with Crippen LogP contribution in [0.25, 0.3) is 0 Å². The molecule has 3 rings (SSSR count). The van der Waals surface area contributed by atoms with E-state index in [2.05, 4.69) is 0 Å². The van der Waals surface area contributed by atoms with E-state index < -0.39 is 30.2 Å². The highest BCUT2D eigenvalue weighted by atomic mass is 16.4. The molecule has 4 heteroatoms. The second-order valence-electron chi connectivity index (χ2n) is 6.00. The van der Waals surface area contributed by atoms with Crippen LogP contribution in [0.4, 0.5) is 0 Å². The molecule has 0 bridgehead atoms. The number of hydrogen-bond donors (Lipinski definition) is 2. The average Bonchev–Trinajstić information content (AvgIpc) is 2.70. The first-order chi connectivity index (χ1) is 13.1. The van der Waals surface area contributed by atoms with Crippen LogP contribution in [0.15, 0.2) is 97.1 Å². The molecule has 3 aromatic carbocycles. The molecule has 0 fully saturated rings. The molecule has 138 valence electrons. The van der Waals surface area contributed by atoms with E-state index in [-0.39, 0.29) is 0 Å². The van der Waals surface area contributed by atoms with Crippen molar-refractivity contribution in [3.8, 4) is 0 Å². The Balaban J connectivity index is 0.000000369. The summed E-state index contributed by atoms with van der Waals surface area (Å²) < 4.78 is 0. The van der Waals surface area contributed by atoms with E-state index in [1.807, 2.05) is 97.1 Å². The third kappa shape index (κ3) is 6.44. The van der Waals surface area contributed by atoms with Gasteiger partial charge < -0.3 is 10.2 Å². The lowest BCUT2D eigenvalue weighted by atomic mass is 9.79. The summed E-state index contributed by atoms with van der Waals surface area (Å²) in [6, 6.07) is 30.3. The van der Waals surface area contributed by atoms with Crippen molar-refractivity contribution in [1.29, 1.82) is 0 Å². The number of aliphatic carboxylic acids is 2. The first kappa shape index (κ1) is 19.9. The van der Waals surface area contributed by atoms with E-state index in [0.717, 1.165) is 11.1 Å². The van der Waals surface area contributed by atoms with E-state index in [1.54, 1.807) is 0 Å². The van der Waals surface area contributed by atoms with Crippen molar-refractivity contribution in [3.05, 3.63) is 108 Å². The van der Waals surface area contributed by atoms with Crippen LogP contribution in [0.5, 0.6) is 0 Å². The minimum atomic E-state index is -1.11. The smallest absolute Gasteiger partial charge is 0.308 e. The van der Waals surface area contributed by atoms with E-state index >= 15 is 0 Å². The molecule has 2 N–H and O–H groups in total. The predicted octanol–water partition coefficient (Wildman–Crippen LogP) is 4.68. The third-order valence-corrected chi connectivity index (χ3v) is 4.10. The van der Waals surface area contributed by atoms with Gasteiger partial charge in [-0.05, 0) is 11.1 Å². The van der Waals surface area contributed by atoms with Crippen LogP contribution < -0.4 is 0 Å². The average molecular weight is 362 g/mol. The van der Waals surface area contributed by atoms with Crippen LogP contribution >= 0.6 is 0 Å². The summed E-state index contributed by atoms with van der Waals surface area (Å²) in [6.07, 6.45) is -0.413. The number of rotatable bonds is 6. The highest BCUT2D eigenvalue weighted by Gasteiger charge is 2.32. The Bertz CT molecular complexity index is 751. The number of carbonyl (C=O) groups is 2. The summed E-state index contributed by atoms with van der Waals surface area (Å²) in [7, 11) is 0. The number of hydrogen-bond acceptors (Lipinski definition) is 2. The summed E-state index contributed by atoms with van der Waals surface area (Å²) >= 11 is 0. The second-order valence-corrected chi connectivity index (χ2v) is 6.00. The third-order valence-electron chi connectivity index (χ3n) is 4.10. The Morgan fingerprint density at radius 2 is 0.963 bits per heavy atom. The standard InChI is InChI=1S/C17H16O4.C6H6/c18-15(19)11-14(17(20)21)16(12-7-3-1-4-8-12)13-9-5-2-6-10-13;1-2-4-6-5-3-1/h1-10,14,16H,11H2,(H,18,19)(H,20,21);1-6H. The van der Waals surface area contributed by atoms with Gasteiger partial charge in [0.1, 0.15) is 0 Å². The molecule has 4 nitrogen and oxygen atoms in total. The maximum Gasteiger partial charge on any atom is 0.308 e. The molecule has 0 aliphatic heterocycles. The Hall–Kier alpha value is -3.40. The van der Waals surface area contributed by atoms with Crippen LogP contribution in [0, 0.1) is 5.92 Å². The van der Waals surface area contributed by atoms with Crippen LogP contribution in [-0.4, -0.2) is 22.2 Å². The molecular weight excluding hydrogens is 340 g/mol. The van der Waals surface area contributed by atoms with Gasteiger partial charge in [0.05, 0.1) is 12.3 Å². The zero-order chi connectivity index (χ0) is 19.5. The van der Waals surface area contributed by atoms with E-state index in [4.69, 9.17) is 5.11 Å². The molecule has 0 aromatic heterocycles. The van der Waals surface area contributed by atoms with Gasteiger partial charge in [-0.15, -0.1) is 0 Å². The fraction of sp³-hybridized carbons (Fsp3) is 0.130. The number of carboxylic acids is 2. The van der Waals surface area contributed by atoms with Gasteiger partial charge in [0.25, 0.3) is 0 Å². The number of benzene rings is 3. The quantitative estimate of drug-likeness (QED) is 0.668. The van der Waals surface area contributed by atoms with Crippen molar-refractivity contribution >= 4 is 11.9 Å². The second kappa shape index (κ2) is 10.6. The molecule has 27 heavy (non-hydrogen) atoms. The van der Waals surface area contributed by atoms with Crippen molar-refractivity contribution in [2.24, 2.45) is 5.92 Å². The van der Waals surface area contributed by atoms with Crippen LogP contribution in [-0.2, 0) is 9.59 Å². The molecule has 0 aliphatic rings. The van der Waals surface area contributed by atoms with Crippen LogP contribution in [0.2, 0.25) is 0 Å². The van der Waals surface area contributed by atoms with Crippen molar-refractivity contribution < 1.29 is 19.8 Å². The summed E-state index contributed by atoms with van der Waals surface area (Å²) in [5.41, 5.74) is 1.61. The molecule has 0 aliphatic carbocycles. The van der Waals surface area contributed by atoms with Gasteiger partial charge in [0.15, 0.2) is 0 Å². The van der Waals surface area contributed by atoms with Gasteiger partial charge in [-0.25, -0.2) is 0 Å². The molecule has 3 aromatic rings. The first-order valence-corrected chi connectivity index (χ1v) is 8.64. The van der Waals surface area contributed by atoms with Gasteiger partial charge in [-0.1, -0.05) is 97.1 Å². The molecule has 0 amide bonds. The van der Waals surface area contributed by atoms with Crippen molar-refractivity contribution in [1.82, 2.24) is 0 Å². The van der Waals surface area contributed by atoms with Gasteiger partial charge in [0.2, 0.25) is 0 Å². The summed E-state index contributed by atoms with van der Waals surface area (Å²) in [5, 5.41) is 18.5. The summed E-state index contributed by atoms with van der Waals surface area (Å²) in [6.45, 7) is 0. The fourth-order valence-corrected chi connectivity index (χ4v) is 2.90. The molecular formula is C23H22O4. The lowest BCUT2D eigenvalue weighted by Gasteiger charge is -2.24. The number of carboxylic acid groups (broad SMARTS) is 2. The van der Waals surface area contributed by atoms with E-state index in [9.17, 15) is 14.7 Å². The SMILES string of the molecule is O=C(O)CC(C(=O)O)C(c1ccccc1)c1ccccc1.c1ccccc1. The van der Waals surface area contributed by atoms with Gasteiger partial charge >= 0.3 is 11.9 Å². The molecule has 0 spiro atoms. The highest BCUT2D eigenvalue weighted by Crippen LogP contribution is 2.34. The van der Waals surface area contributed by atoms with E-state index in [0.29, 0.717) is 0 Å². The zero-order valence-electron chi connectivity index (χ0n) is 14.8. The molecule has 0 heterocycles. The van der Waals surface area contributed by atoms with Crippen LogP contribution in [0.3, 0.4) is 0 Å². The Labute approximate surface area is 158 Å². The van der Waals surface area contributed by atoms with E-state index in [1.165, 1.54) is 0 Å². The minimum absolute atomic E-state index is 0.413. The van der Waals surface area contributed by atoms with Gasteiger partial charge in [-0.3, -0.25) is 9.59 Å². The van der Waals surface area contributed by atoms with Gasteiger partial charge in [-0.2, -0.15) is 0 Å². The van der Waals surface area contributed by atoms with Gasteiger partial charge in [0, 0.05) is 5.92 Å². The lowest BCUT2D eigenvalue weighted by Crippen LogP contribution is -2.25. The maximum absolute atomic E-state index is 11.6. The fourth-order valence-electron chi connectivity index (χ4n) is 2.90. The summed E-state index contributed by atoms with van der Waals surface area (Å²) in [5.74, 6) is -3.71. The normalized spacial score (nSPS) is 11.1. The molecule has 0 saturated heterocycles. The summed E-state index contributed by atoms with van der Waals surface area (Å²) in [4.78, 5) is 22.6. The highest BCUT2D eigenvalue weighted by molar-refractivity contribution is 5.79. The predicted molar refractivity (Wildman–Crippen MR) is 105 cm³/mol. The monoisotopic (exact) mass is 362 g/mol. The maximum atomic E-state index is 11.6. The Morgan fingerprint density at radius 3 is 1.26 bits per heavy atom. The van der Waals surface area contributed by atoms with Crippen molar-refractivity contribution in [2.45, 2.75) is 12.3 Å². The molecule has 1 atom stereocenters. The van der Waals surface area contributed by atoms with Crippen molar-refractivity contribution in [2.75, 3.05) is 0 Å². The molecule has 1 unspecified atom stereocenters. The van der Waals surface area contributed by atoms with Crippen LogP contribution in [0.1, 0.15) is 23.5 Å². The largest absolute Gasteiger partial charge is 0.481 e.